The van der Waals surface area contributed by atoms with Crippen LogP contribution in [0.2, 0.25) is 0 Å². The second kappa shape index (κ2) is 5.48. The van der Waals surface area contributed by atoms with E-state index in [0.717, 1.165) is 18.0 Å². The van der Waals surface area contributed by atoms with Gasteiger partial charge in [0.2, 0.25) is 0 Å². The van der Waals surface area contributed by atoms with E-state index in [2.05, 4.69) is 14.8 Å². The van der Waals surface area contributed by atoms with Gasteiger partial charge < -0.3 is 9.64 Å². The molecule has 0 spiro atoms. The minimum Gasteiger partial charge on any atom is -0.469 e. The Bertz CT molecular complexity index is 538. The highest BCUT2D eigenvalue weighted by molar-refractivity contribution is 5.70. The van der Waals surface area contributed by atoms with Gasteiger partial charge in [-0.05, 0) is 13.0 Å². The summed E-state index contributed by atoms with van der Waals surface area (Å²) in [4.78, 5) is 17.7. The number of aromatic nitrogens is 3. The first kappa shape index (κ1) is 12.3. The Labute approximate surface area is 105 Å². The maximum atomic E-state index is 11.2. The number of hydrogen-bond acceptors (Lipinski definition) is 5. The van der Waals surface area contributed by atoms with Crippen LogP contribution in [0.25, 0.3) is 5.65 Å². The minimum atomic E-state index is -0.209. The summed E-state index contributed by atoms with van der Waals surface area (Å²) in [6.45, 7) is 3.41. The molecular weight excluding hydrogens is 232 g/mol. The fourth-order valence-corrected chi connectivity index (χ4v) is 1.74. The van der Waals surface area contributed by atoms with Crippen molar-refractivity contribution >= 4 is 17.4 Å². The lowest BCUT2D eigenvalue weighted by atomic mass is 10.3. The van der Waals surface area contributed by atoms with Crippen molar-refractivity contribution in [3.8, 4) is 0 Å². The molecule has 0 bridgehead atoms. The fraction of sp³-hybridized carbons (Fsp3) is 0.417. The van der Waals surface area contributed by atoms with Gasteiger partial charge in [0.25, 0.3) is 0 Å². The molecule has 2 heterocycles. The molecule has 18 heavy (non-hydrogen) atoms. The highest BCUT2D eigenvalue weighted by Gasteiger charge is 2.09. The van der Waals surface area contributed by atoms with Gasteiger partial charge in [0.15, 0.2) is 5.65 Å². The lowest BCUT2D eigenvalue weighted by Crippen LogP contribution is -2.27. The molecule has 2 rings (SSSR count). The number of hydrogen-bond donors (Lipinski definition) is 0. The van der Waals surface area contributed by atoms with Crippen LogP contribution in [0.15, 0.2) is 24.5 Å². The van der Waals surface area contributed by atoms with Crippen molar-refractivity contribution in [1.29, 1.82) is 0 Å². The van der Waals surface area contributed by atoms with E-state index in [4.69, 9.17) is 0 Å². The molecule has 0 saturated heterocycles. The molecule has 2 aromatic heterocycles. The summed E-state index contributed by atoms with van der Waals surface area (Å²) >= 11 is 0. The average Bonchev–Trinajstić information content (AvgIpc) is 2.86. The molecule has 0 aromatic carbocycles. The Morgan fingerprint density at radius 1 is 1.50 bits per heavy atom. The molecule has 0 amide bonds. The molecular formula is C12H16N4O2. The normalized spacial score (nSPS) is 10.6. The highest BCUT2D eigenvalue weighted by atomic mass is 16.5. The summed E-state index contributed by atoms with van der Waals surface area (Å²) in [5, 5.41) is 4.09. The zero-order valence-electron chi connectivity index (χ0n) is 10.5. The first-order valence-corrected chi connectivity index (χ1v) is 5.86. The Kier molecular flexibility index (Phi) is 3.76. The number of esters is 1. The van der Waals surface area contributed by atoms with E-state index >= 15 is 0 Å². The molecule has 2 aromatic rings. The van der Waals surface area contributed by atoms with Crippen molar-refractivity contribution < 1.29 is 9.53 Å². The smallest absolute Gasteiger partial charge is 0.307 e. The van der Waals surface area contributed by atoms with Crippen LogP contribution in [-0.2, 0) is 9.53 Å². The first-order chi connectivity index (χ1) is 8.74. The lowest BCUT2D eigenvalue weighted by Gasteiger charge is -2.21. The molecule has 0 fully saturated rings. The molecule has 0 radical (unpaired) electrons. The van der Waals surface area contributed by atoms with E-state index < -0.39 is 0 Å². The third-order valence-corrected chi connectivity index (χ3v) is 2.76. The Morgan fingerprint density at radius 2 is 2.33 bits per heavy atom. The van der Waals surface area contributed by atoms with Gasteiger partial charge in [-0.2, -0.15) is 5.10 Å². The quantitative estimate of drug-likeness (QED) is 0.742. The summed E-state index contributed by atoms with van der Waals surface area (Å²) in [6.07, 6.45) is 3.92. The van der Waals surface area contributed by atoms with Crippen LogP contribution in [0.5, 0.6) is 0 Å². The van der Waals surface area contributed by atoms with Crippen LogP contribution in [0.4, 0.5) is 5.82 Å². The molecule has 6 heteroatoms. The Morgan fingerprint density at radius 3 is 3.06 bits per heavy atom. The maximum Gasteiger partial charge on any atom is 0.307 e. The Balaban J connectivity index is 2.13. The van der Waals surface area contributed by atoms with Crippen LogP contribution in [0, 0.1) is 0 Å². The zero-order chi connectivity index (χ0) is 13.0. The third-order valence-electron chi connectivity index (χ3n) is 2.76. The fourth-order valence-electron chi connectivity index (χ4n) is 1.74. The molecule has 96 valence electrons. The summed E-state index contributed by atoms with van der Waals surface area (Å²) in [5.74, 6) is 0.633. The Hall–Kier alpha value is -2.11. The average molecular weight is 248 g/mol. The number of nitrogens with zero attached hydrogens (tertiary/aromatic N) is 4. The van der Waals surface area contributed by atoms with Gasteiger partial charge >= 0.3 is 5.97 Å². The number of carbonyl (C=O) groups is 1. The summed E-state index contributed by atoms with van der Waals surface area (Å²) in [6, 6.07) is 3.73. The van der Waals surface area contributed by atoms with Gasteiger partial charge in [0.1, 0.15) is 5.82 Å². The first-order valence-electron chi connectivity index (χ1n) is 5.86. The van der Waals surface area contributed by atoms with E-state index in [1.54, 1.807) is 10.7 Å². The number of anilines is 1. The van der Waals surface area contributed by atoms with Crippen LogP contribution in [-0.4, -0.2) is 40.8 Å². The SMILES string of the molecule is CCN(CCC(=O)OC)c1ccn2nccc2n1. The molecule has 0 aliphatic rings. The van der Waals surface area contributed by atoms with Crippen molar-refractivity contribution in [3.63, 3.8) is 0 Å². The van der Waals surface area contributed by atoms with Crippen LogP contribution < -0.4 is 4.90 Å². The molecule has 0 N–H and O–H groups in total. The third kappa shape index (κ3) is 2.58. The molecule has 0 aliphatic heterocycles. The molecule has 6 nitrogen and oxygen atoms in total. The summed E-state index contributed by atoms with van der Waals surface area (Å²) in [5.41, 5.74) is 0.795. The van der Waals surface area contributed by atoms with E-state index in [9.17, 15) is 4.79 Å². The lowest BCUT2D eigenvalue weighted by molar-refractivity contribution is -0.140. The van der Waals surface area contributed by atoms with Crippen LogP contribution >= 0.6 is 0 Å². The van der Waals surface area contributed by atoms with Gasteiger partial charge in [0, 0.05) is 25.4 Å². The number of carbonyl (C=O) groups excluding carboxylic acids is 1. The standard InChI is InChI=1S/C12H16N4O2/c1-3-15(8-6-12(17)18-2)10-5-9-16-11(14-10)4-7-13-16/h4-5,7,9H,3,6,8H2,1-2H3. The van der Waals surface area contributed by atoms with Gasteiger partial charge in [-0.25, -0.2) is 9.50 Å². The summed E-state index contributed by atoms with van der Waals surface area (Å²) < 4.78 is 6.34. The van der Waals surface area contributed by atoms with Crippen molar-refractivity contribution in [1.82, 2.24) is 14.6 Å². The second-order valence-electron chi connectivity index (χ2n) is 3.83. The molecule has 0 aliphatic carbocycles. The van der Waals surface area contributed by atoms with Crippen molar-refractivity contribution in [2.24, 2.45) is 0 Å². The van der Waals surface area contributed by atoms with Gasteiger partial charge in [-0.15, -0.1) is 0 Å². The molecule has 0 atom stereocenters. The number of rotatable bonds is 5. The molecule has 0 unspecified atom stereocenters. The van der Waals surface area contributed by atoms with Crippen LogP contribution in [0.1, 0.15) is 13.3 Å². The van der Waals surface area contributed by atoms with Gasteiger partial charge in [-0.3, -0.25) is 4.79 Å². The van der Waals surface area contributed by atoms with E-state index in [1.807, 2.05) is 30.2 Å². The van der Waals surface area contributed by atoms with Crippen molar-refractivity contribution in [3.05, 3.63) is 24.5 Å². The minimum absolute atomic E-state index is 0.209. The van der Waals surface area contributed by atoms with Gasteiger partial charge in [0.05, 0.1) is 19.7 Å². The van der Waals surface area contributed by atoms with E-state index in [-0.39, 0.29) is 5.97 Å². The maximum absolute atomic E-state index is 11.2. The van der Waals surface area contributed by atoms with E-state index in [0.29, 0.717) is 13.0 Å². The van der Waals surface area contributed by atoms with Crippen molar-refractivity contribution in [2.75, 3.05) is 25.1 Å². The van der Waals surface area contributed by atoms with Crippen LogP contribution in [0.3, 0.4) is 0 Å². The van der Waals surface area contributed by atoms with Gasteiger partial charge in [-0.1, -0.05) is 0 Å². The van der Waals surface area contributed by atoms with E-state index in [1.165, 1.54) is 7.11 Å². The largest absolute Gasteiger partial charge is 0.469 e. The highest BCUT2D eigenvalue weighted by Crippen LogP contribution is 2.12. The van der Waals surface area contributed by atoms with Crippen molar-refractivity contribution in [2.45, 2.75) is 13.3 Å². The monoisotopic (exact) mass is 248 g/mol. The zero-order valence-corrected chi connectivity index (χ0v) is 10.5. The topological polar surface area (TPSA) is 59.7 Å². The number of ether oxygens (including phenoxy) is 1. The predicted octanol–water partition coefficient (Wildman–Crippen LogP) is 1.12. The molecule has 0 saturated carbocycles. The number of fused-ring (bicyclic) bond motifs is 1. The predicted molar refractivity (Wildman–Crippen MR) is 67.5 cm³/mol. The summed E-state index contributed by atoms with van der Waals surface area (Å²) in [7, 11) is 1.40. The number of methoxy groups -OCH3 is 1. The second-order valence-corrected chi connectivity index (χ2v) is 3.83.